The number of carbonyl (C=O) groups is 1. The molecule has 1 rings (SSSR count). The number of carboxylic acids is 1. The van der Waals surface area contributed by atoms with Gasteiger partial charge in [0.25, 0.3) is 0 Å². The quantitative estimate of drug-likeness (QED) is 0.484. The van der Waals surface area contributed by atoms with Gasteiger partial charge in [-0.25, -0.2) is 0 Å². The van der Waals surface area contributed by atoms with E-state index in [1.807, 2.05) is 31.2 Å². The molecule has 23 heavy (non-hydrogen) atoms. The molecule has 1 aliphatic carbocycles. The van der Waals surface area contributed by atoms with E-state index in [2.05, 4.69) is 31.1 Å². The van der Waals surface area contributed by atoms with Crippen molar-refractivity contribution in [2.75, 3.05) is 13.1 Å². The first-order valence-electron chi connectivity index (χ1n) is 8.07. The van der Waals surface area contributed by atoms with E-state index in [0.29, 0.717) is 6.42 Å². The Labute approximate surface area is 140 Å². The summed E-state index contributed by atoms with van der Waals surface area (Å²) in [6.45, 7) is 13.6. The fourth-order valence-electron chi connectivity index (χ4n) is 1.82. The van der Waals surface area contributed by atoms with Gasteiger partial charge >= 0.3 is 5.97 Å². The molecule has 0 saturated carbocycles. The summed E-state index contributed by atoms with van der Waals surface area (Å²) in [6.07, 6.45) is 12.9. The number of hydrogen-bond donors (Lipinski definition) is 2. The van der Waals surface area contributed by atoms with Crippen molar-refractivity contribution in [3.05, 3.63) is 66.0 Å². The fraction of sp³-hybridized carbons (Fsp3) is 0.400. The zero-order chi connectivity index (χ0) is 17.5. The van der Waals surface area contributed by atoms with Crippen LogP contribution in [-0.2, 0) is 4.79 Å². The summed E-state index contributed by atoms with van der Waals surface area (Å²) in [5, 5.41) is 11.5. The summed E-state index contributed by atoms with van der Waals surface area (Å²) in [5.41, 5.74) is 6.27. The van der Waals surface area contributed by atoms with Gasteiger partial charge in [0.15, 0.2) is 0 Å². The molecule has 0 radical (unpaired) electrons. The van der Waals surface area contributed by atoms with E-state index in [1.54, 1.807) is 6.08 Å². The maximum absolute atomic E-state index is 10.1. The third kappa shape index (κ3) is 12.2. The number of nitrogens with one attached hydrogen (secondary N) is 1. The lowest BCUT2D eigenvalue weighted by Crippen LogP contribution is -2.13. The molecule has 0 bridgehead atoms. The number of aliphatic carboxylic acids is 1. The van der Waals surface area contributed by atoms with Crippen LogP contribution in [0.25, 0.3) is 0 Å². The van der Waals surface area contributed by atoms with Gasteiger partial charge in [-0.3, -0.25) is 4.79 Å². The van der Waals surface area contributed by atoms with Crippen molar-refractivity contribution in [1.29, 1.82) is 0 Å². The molecule has 0 aromatic rings. The highest BCUT2D eigenvalue weighted by molar-refractivity contribution is 5.66. The molecule has 0 aromatic heterocycles. The first-order valence-corrected chi connectivity index (χ1v) is 8.07. The fourth-order valence-corrected chi connectivity index (χ4v) is 1.82. The zero-order valence-electron chi connectivity index (χ0n) is 14.4. The standard InChI is InChI=1S/C12H12.C8H17NO2/c1-4-11-7-5-6-8-12(9-11)10(2)3;1-2-9-7-5-3-4-6-8(10)11/h4-6,8-9H,1-2H2,3H3;9H,2-7H2,1H3,(H,10,11). The summed E-state index contributed by atoms with van der Waals surface area (Å²) in [4.78, 5) is 10.1. The Morgan fingerprint density at radius 3 is 2.70 bits per heavy atom. The van der Waals surface area contributed by atoms with Crippen LogP contribution >= 0.6 is 0 Å². The predicted octanol–water partition coefficient (Wildman–Crippen LogP) is 4.57. The average molecular weight is 315 g/mol. The molecule has 0 aliphatic heterocycles. The minimum absolute atomic E-state index is 0.312. The molecule has 0 fully saturated rings. The highest BCUT2D eigenvalue weighted by atomic mass is 16.4. The molecule has 0 heterocycles. The van der Waals surface area contributed by atoms with E-state index in [1.165, 1.54) is 0 Å². The lowest BCUT2D eigenvalue weighted by atomic mass is 10.1. The molecule has 126 valence electrons. The van der Waals surface area contributed by atoms with Crippen LogP contribution in [0.1, 0.15) is 39.5 Å². The normalized spacial score (nSPS) is 12.4. The van der Waals surface area contributed by atoms with Crippen LogP contribution in [0, 0.1) is 0 Å². The Morgan fingerprint density at radius 1 is 1.39 bits per heavy atom. The second-order valence-electron chi connectivity index (χ2n) is 5.27. The van der Waals surface area contributed by atoms with Crippen LogP contribution in [0.3, 0.4) is 0 Å². The van der Waals surface area contributed by atoms with Crippen LogP contribution in [0.4, 0.5) is 0 Å². The van der Waals surface area contributed by atoms with Crippen molar-refractivity contribution < 1.29 is 9.90 Å². The summed E-state index contributed by atoms with van der Waals surface area (Å²) in [7, 11) is 0. The highest BCUT2D eigenvalue weighted by Crippen LogP contribution is 2.14. The van der Waals surface area contributed by atoms with Gasteiger partial charge in [-0.2, -0.15) is 0 Å². The summed E-state index contributed by atoms with van der Waals surface area (Å²) in [5.74, 6) is -0.687. The Morgan fingerprint density at radius 2 is 2.13 bits per heavy atom. The smallest absolute Gasteiger partial charge is 0.303 e. The van der Waals surface area contributed by atoms with Gasteiger partial charge in [0.1, 0.15) is 0 Å². The number of allylic oxidation sites excluding steroid dienone is 7. The molecular weight excluding hydrogens is 286 g/mol. The van der Waals surface area contributed by atoms with Crippen LogP contribution in [0.15, 0.2) is 66.0 Å². The van der Waals surface area contributed by atoms with Crippen molar-refractivity contribution in [3.63, 3.8) is 0 Å². The molecule has 1 aliphatic rings. The van der Waals surface area contributed by atoms with Gasteiger partial charge in [-0.1, -0.05) is 50.3 Å². The molecule has 0 spiro atoms. The van der Waals surface area contributed by atoms with Gasteiger partial charge in [0.05, 0.1) is 0 Å². The van der Waals surface area contributed by atoms with Crippen molar-refractivity contribution in [2.45, 2.75) is 39.5 Å². The second-order valence-corrected chi connectivity index (χ2v) is 5.27. The van der Waals surface area contributed by atoms with Crippen LogP contribution < -0.4 is 5.32 Å². The minimum Gasteiger partial charge on any atom is -0.481 e. The lowest BCUT2D eigenvalue weighted by Gasteiger charge is -1.99. The molecule has 3 nitrogen and oxygen atoms in total. The summed E-state index contributed by atoms with van der Waals surface area (Å²) >= 11 is 0. The van der Waals surface area contributed by atoms with Gasteiger partial charge in [0, 0.05) is 12.0 Å². The predicted molar refractivity (Wildman–Crippen MR) is 98.5 cm³/mol. The molecule has 0 amide bonds. The number of rotatable bonds is 9. The van der Waals surface area contributed by atoms with Crippen LogP contribution in [0.2, 0.25) is 0 Å². The first-order chi connectivity index (χ1) is 11.0. The maximum atomic E-state index is 10.1. The lowest BCUT2D eigenvalue weighted by molar-refractivity contribution is -0.137. The third-order valence-corrected chi connectivity index (χ3v) is 3.14. The largest absolute Gasteiger partial charge is 0.481 e. The zero-order valence-corrected chi connectivity index (χ0v) is 14.4. The molecule has 0 aromatic carbocycles. The SMILES string of the molecule is C=CC1=C=CC=CC(C(=C)C)=C1.CCNCCCCCC(=O)O. The Balaban J connectivity index is 0.000000423. The molecule has 0 saturated heterocycles. The number of hydrogen-bond acceptors (Lipinski definition) is 2. The maximum Gasteiger partial charge on any atom is 0.303 e. The third-order valence-electron chi connectivity index (χ3n) is 3.14. The summed E-state index contributed by atoms with van der Waals surface area (Å²) < 4.78 is 0. The van der Waals surface area contributed by atoms with Crippen molar-refractivity contribution in [2.24, 2.45) is 0 Å². The van der Waals surface area contributed by atoms with Gasteiger partial charge in [-0.05, 0) is 50.6 Å². The molecule has 3 heteroatoms. The first kappa shape index (κ1) is 20.9. The van der Waals surface area contributed by atoms with E-state index in [4.69, 9.17) is 5.11 Å². The Kier molecular flexibility index (Phi) is 12.3. The topological polar surface area (TPSA) is 49.3 Å². The van der Waals surface area contributed by atoms with E-state index in [0.717, 1.165) is 49.1 Å². The second kappa shape index (κ2) is 13.6. The van der Waals surface area contributed by atoms with E-state index < -0.39 is 5.97 Å². The van der Waals surface area contributed by atoms with Gasteiger partial charge in [-0.15, -0.1) is 5.73 Å². The van der Waals surface area contributed by atoms with Crippen LogP contribution in [0.5, 0.6) is 0 Å². The summed E-state index contributed by atoms with van der Waals surface area (Å²) in [6, 6.07) is 0. The number of carboxylic acid groups (broad SMARTS) is 1. The molecular formula is C20H29NO2. The van der Waals surface area contributed by atoms with E-state index in [9.17, 15) is 4.79 Å². The van der Waals surface area contributed by atoms with Crippen molar-refractivity contribution in [3.8, 4) is 0 Å². The Hall–Kier alpha value is -2.09. The van der Waals surface area contributed by atoms with Gasteiger partial charge in [0.2, 0.25) is 0 Å². The monoisotopic (exact) mass is 315 g/mol. The van der Waals surface area contributed by atoms with Crippen LogP contribution in [-0.4, -0.2) is 24.2 Å². The van der Waals surface area contributed by atoms with E-state index >= 15 is 0 Å². The number of unbranched alkanes of at least 4 members (excludes halogenated alkanes) is 2. The molecule has 0 atom stereocenters. The molecule has 2 N–H and O–H groups in total. The molecule has 0 unspecified atom stereocenters. The highest BCUT2D eigenvalue weighted by Gasteiger charge is 1.95. The Bertz CT molecular complexity index is 518. The van der Waals surface area contributed by atoms with E-state index in [-0.39, 0.29) is 0 Å². The van der Waals surface area contributed by atoms with Gasteiger partial charge < -0.3 is 10.4 Å². The minimum atomic E-state index is -0.687. The van der Waals surface area contributed by atoms with Crippen molar-refractivity contribution in [1.82, 2.24) is 5.32 Å². The average Bonchev–Trinajstić information content (AvgIpc) is 2.77. The van der Waals surface area contributed by atoms with Crippen molar-refractivity contribution >= 4 is 5.97 Å².